The largest absolute Gasteiger partial charge is 0.465 e. The van der Waals surface area contributed by atoms with Gasteiger partial charge in [-0.2, -0.15) is 10.6 Å². The maximum Gasteiger partial charge on any atom is 0.308 e. The van der Waals surface area contributed by atoms with E-state index in [0.717, 1.165) is 110 Å². The highest BCUT2D eigenvalue weighted by Crippen LogP contribution is 2.45. The number of carbonyl (C=O) groups excluding carboxylic acids is 1. The van der Waals surface area contributed by atoms with Crippen molar-refractivity contribution in [3.05, 3.63) is 0 Å². The Kier molecular flexibility index (Phi) is 45.3. The summed E-state index contributed by atoms with van der Waals surface area (Å²) < 4.78 is 25.1. The Morgan fingerprint density at radius 3 is 1.37 bits per heavy atom. The van der Waals surface area contributed by atoms with E-state index in [0.29, 0.717) is 6.61 Å². The summed E-state index contributed by atoms with van der Waals surface area (Å²) in [5.41, 5.74) is 0. The van der Waals surface area contributed by atoms with Crippen LogP contribution in [-0.4, -0.2) is 80.8 Å². The van der Waals surface area contributed by atoms with Crippen molar-refractivity contribution >= 4 is 16.6 Å². The van der Waals surface area contributed by atoms with E-state index in [1.54, 1.807) is 0 Å². The number of aliphatic hydroxyl groups is 1. The molecule has 0 saturated heterocycles. The van der Waals surface area contributed by atoms with Crippen LogP contribution in [0.15, 0.2) is 0 Å². The molecule has 0 rings (SSSR count). The topological polar surface area (TPSA) is 77.5 Å². The van der Waals surface area contributed by atoms with E-state index in [9.17, 15) is 9.90 Å². The zero-order valence-electron chi connectivity index (χ0n) is 40.7. The zero-order valence-corrected chi connectivity index (χ0v) is 41.5. The van der Waals surface area contributed by atoms with Crippen LogP contribution in [0.5, 0.6) is 0 Å². The number of hydrogen-bond acceptors (Lipinski definition) is 7. The van der Waals surface area contributed by atoms with Crippen molar-refractivity contribution in [1.29, 1.82) is 0 Å². The van der Waals surface area contributed by atoms with Crippen molar-refractivity contribution < 1.29 is 27.7 Å². The monoisotopic (exact) mass is 860 g/mol. The number of hydrogen-bond donors (Lipinski definition) is 1. The molecule has 0 amide bonds. The van der Waals surface area contributed by atoms with Gasteiger partial charge in [-0.25, -0.2) is 0 Å². The molecular formula is C51H105NO6S. The van der Waals surface area contributed by atoms with Crippen LogP contribution in [-0.2, 0) is 22.6 Å². The lowest BCUT2D eigenvalue weighted by molar-refractivity contribution is -0.149. The number of carbonyl (C=O) groups is 1. The minimum Gasteiger partial charge on any atom is -0.465 e. The molecule has 2 unspecified atom stereocenters. The fraction of sp³-hybridized carbons (Fsp3) is 0.980. The van der Waals surface area contributed by atoms with E-state index in [1.807, 2.05) is 0 Å². The first-order chi connectivity index (χ1) is 28.8. The number of nitrogens with zero attached hydrogens (tertiary/aromatic N) is 1. The molecule has 0 aliphatic carbocycles. The maximum atomic E-state index is 13.0. The van der Waals surface area contributed by atoms with E-state index in [2.05, 4.69) is 45.1 Å². The van der Waals surface area contributed by atoms with E-state index < -0.39 is 10.6 Å². The zero-order chi connectivity index (χ0) is 43.3. The number of rotatable bonds is 49. The van der Waals surface area contributed by atoms with E-state index >= 15 is 0 Å². The highest BCUT2D eigenvalue weighted by molar-refractivity contribution is 8.24. The minimum atomic E-state index is -1.62. The van der Waals surface area contributed by atoms with Crippen LogP contribution in [0.4, 0.5) is 0 Å². The molecule has 356 valence electrons. The SMILES string of the molecule is CCCCCCCCOC(CCCCCCCC)OS(C)(C)OCCCCCCN(CCCCO)CCCCCCOC(=O)C(CCCCCC)CCCCCCCC. The van der Waals surface area contributed by atoms with Gasteiger partial charge in [0, 0.05) is 32.1 Å². The van der Waals surface area contributed by atoms with Gasteiger partial charge in [0.15, 0.2) is 6.29 Å². The van der Waals surface area contributed by atoms with Crippen LogP contribution in [0, 0.1) is 5.92 Å². The Balaban J connectivity index is 4.47. The quantitative estimate of drug-likeness (QED) is 0.0371. The first-order valence-corrected chi connectivity index (χ1v) is 28.3. The lowest BCUT2D eigenvalue weighted by atomic mass is 9.94. The summed E-state index contributed by atoms with van der Waals surface area (Å²) in [6.45, 7) is 14.7. The molecule has 0 aromatic carbocycles. The summed E-state index contributed by atoms with van der Waals surface area (Å²) in [6.07, 6.45) is 45.9. The molecule has 7 nitrogen and oxygen atoms in total. The highest BCUT2D eigenvalue weighted by Gasteiger charge is 2.20. The molecule has 0 aromatic heterocycles. The van der Waals surface area contributed by atoms with Crippen molar-refractivity contribution in [2.45, 2.75) is 259 Å². The number of esters is 1. The van der Waals surface area contributed by atoms with Crippen molar-refractivity contribution in [2.75, 3.05) is 58.6 Å². The van der Waals surface area contributed by atoms with Gasteiger partial charge < -0.3 is 19.5 Å². The standard InChI is InChI=1S/C51H105NO6S/c1-7-11-15-19-22-30-40-49(39-29-18-14-10-4)51(54)56-47-37-27-24-32-42-52(44-34-35-45-53)43-33-25-28-38-48-57-59(5,6)58-50(41-31-23-20-16-12-8-2)55-46-36-26-21-17-13-9-3/h49-50,53H,7-48H2,1-6H3. The maximum absolute atomic E-state index is 13.0. The van der Waals surface area contributed by atoms with Crippen molar-refractivity contribution in [2.24, 2.45) is 5.92 Å². The van der Waals surface area contributed by atoms with E-state index in [1.165, 1.54) is 148 Å². The fourth-order valence-electron chi connectivity index (χ4n) is 7.92. The summed E-state index contributed by atoms with van der Waals surface area (Å²) in [5.74, 6) is 0.155. The molecule has 0 aliphatic heterocycles. The van der Waals surface area contributed by atoms with Crippen molar-refractivity contribution in [1.82, 2.24) is 4.90 Å². The van der Waals surface area contributed by atoms with Gasteiger partial charge in [0.05, 0.1) is 19.1 Å². The van der Waals surface area contributed by atoms with E-state index in [4.69, 9.17) is 17.8 Å². The first kappa shape index (κ1) is 58.6. The predicted molar refractivity (Wildman–Crippen MR) is 258 cm³/mol. The summed E-state index contributed by atoms with van der Waals surface area (Å²) >= 11 is 0. The Hall–Kier alpha value is -0.380. The third-order valence-electron chi connectivity index (χ3n) is 11.8. The second kappa shape index (κ2) is 45.6. The highest BCUT2D eigenvalue weighted by atomic mass is 32.3. The average molecular weight is 860 g/mol. The number of unbranched alkanes of at least 4 members (excludes halogenated alkanes) is 25. The molecule has 0 bridgehead atoms. The molecule has 0 aromatic rings. The van der Waals surface area contributed by atoms with Gasteiger partial charge >= 0.3 is 5.97 Å². The Morgan fingerprint density at radius 2 is 0.864 bits per heavy atom. The Morgan fingerprint density at radius 1 is 0.475 bits per heavy atom. The predicted octanol–water partition coefficient (Wildman–Crippen LogP) is 15.4. The Bertz CT molecular complexity index is 847. The fourth-order valence-corrected chi connectivity index (χ4v) is 9.16. The van der Waals surface area contributed by atoms with Crippen LogP contribution in [0.2, 0.25) is 0 Å². The van der Waals surface area contributed by atoms with Gasteiger partial charge in [0.1, 0.15) is 0 Å². The number of ether oxygens (including phenoxy) is 2. The molecule has 1 N–H and O–H groups in total. The van der Waals surface area contributed by atoms with Crippen molar-refractivity contribution in [3.63, 3.8) is 0 Å². The minimum absolute atomic E-state index is 0.0612. The summed E-state index contributed by atoms with van der Waals surface area (Å²) in [4.78, 5) is 15.6. The molecule has 0 fully saturated rings. The van der Waals surface area contributed by atoms with Crippen molar-refractivity contribution in [3.8, 4) is 0 Å². The van der Waals surface area contributed by atoms with Gasteiger partial charge in [-0.1, -0.05) is 182 Å². The Labute approximate surface area is 371 Å². The van der Waals surface area contributed by atoms with Gasteiger partial charge in [0.2, 0.25) is 0 Å². The second-order valence-corrected chi connectivity index (χ2v) is 20.8. The third kappa shape index (κ3) is 41.4. The smallest absolute Gasteiger partial charge is 0.308 e. The average Bonchev–Trinajstić information content (AvgIpc) is 3.22. The van der Waals surface area contributed by atoms with Gasteiger partial charge in [0.25, 0.3) is 0 Å². The van der Waals surface area contributed by atoms with Crippen LogP contribution in [0.1, 0.15) is 252 Å². The molecule has 0 radical (unpaired) electrons. The van der Waals surface area contributed by atoms with E-state index in [-0.39, 0.29) is 24.8 Å². The normalized spacial score (nSPS) is 13.4. The van der Waals surface area contributed by atoms with Gasteiger partial charge in [-0.05, 0) is 83.8 Å². The molecule has 0 aliphatic rings. The molecule has 8 heteroatoms. The second-order valence-electron chi connectivity index (χ2n) is 18.1. The van der Waals surface area contributed by atoms with Crippen LogP contribution in [0.25, 0.3) is 0 Å². The molecule has 0 heterocycles. The van der Waals surface area contributed by atoms with Crippen LogP contribution >= 0.6 is 10.6 Å². The summed E-state index contributed by atoms with van der Waals surface area (Å²) in [7, 11) is -1.62. The van der Waals surface area contributed by atoms with Crippen LogP contribution in [0.3, 0.4) is 0 Å². The summed E-state index contributed by atoms with van der Waals surface area (Å²) in [5, 5.41) is 9.37. The molecule has 0 saturated carbocycles. The lowest BCUT2D eigenvalue weighted by Crippen LogP contribution is -2.27. The molecule has 2 atom stereocenters. The summed E-state index contributed by atoms with van der Waals surface area (Å²) in [6, 6.07) is 0. The van der Waals surface area contributed by atoms with Gasteiger partial charge in [-0.15, -0.1) is 0 Å². The molecule has 59 heavy (non-hydrogen) atoms. The van der Waals surface area contributed by atoms with Gasteiger partial charge in [-0.3, -0.25) is 13.2 Å². The number of aliphatic hydroxyl groups excluding tert-OH is 1. The lowest BCUT2D eigenvalue weighted by Gasteiger charge is -2.38. The van der Waals surface area contributed by atoms with Crippen LogP contribution < -0.4 is 0 Å². The molecule has 0 spiro atoms. The first-order valence-electron chi connectivity index (χ1n) is 26.0. The molecular weight excluding hydrogens is 755 g/mol. The third-order valence-corrected chi connectivity index (χ3v) is 13.2.